The van der Waals surface area contributed by atoms with Crippen LogP contribution in [0, 0.1) is 11.7 Å². The normalized spacial score (nSPS) is 18.7. The molecular formula is C22H27FN2O2. The number of hydrogen-bond acceptors (Lipinski definition) is 3. The van der Waals surface area contributed by atoms with Crippen LogP contribution in [-0.4, -0.2) is 31.0 Å². The highest BCUT2D eigenvalue weighted by molar-refractivity contribution is 5.79. The molecule has 2 aromatic carbocycles. The Morgan fingerprint density at radius 2 is 1.93 bits per heavy atom. The Balaban J connectivity index is 1.54. The molecule has 0 spiro atoms. The van der Waals surface area contributed by atoms with E-state index in [1.54, 1.807) is 7.11 Å². The third kappa shape index (κ3) is 5.30. The minimum Gasteiger partial charge on any atom is -0.497 e. The number of rotatable bonds is 6. The number of methoxy groups -OCH3 is 1. The summed E-state index contributed by atoms with van der Waals surface area (Å²) in [5, 5.41) is 3.14. The Labute approximate surface area is 160 Å². The smallest absolute Gasteiger partial charge is 0.224 e. The zero-order valence-corrected chi connectivity index (χ0v) is 16.0. The van der Waals surface area contributed by atoms with E-state index in [0.29, 0.717) is 0 Å². The Morgan fingerprint density at radius 1 is 1.22 bits per heavy atom. The van der Waals surface area contributed by atoms with E-state index in [4.69, 9.17) is 4.74 Å². The van der Waals surface area contributed by atoms with Crippen molar-refractivity contribution in [1.82, 2.24) is 10.2 Å². The van der Waals surface area contributed by atoms with Crippen molar-refractivity contribution in [3.05, 3.63) is 65.5 Å². The lowest BCUT2D eigenvalue weighted by Crippen LogP contribution is -2.43. The van der Waals surface area contributed by atoms with E-state index in [1.165, 1.54) is 12.1 Å². The van der Waals surface area contributed by atoms with Gasteiger partial charge in [0.15, 0.2) is 0 Å². The number of amides is 1. The van der Waals surface area contributed by atoms with Crippen LogP contribution in [0.15, 0.2) is 48.5 Å². The summed E-state index contributed by atoms with van der Waals surface area (Å²) in [6.07, 6.45) is 1.90. The number of hydrogen-bond donors (Lipinski definition) is 1. The zero-order valence-electron chi connectivity index (χ0n) is 16.0. The van der Waals surface area contributed by atoms with Gasteiger partial charge in [0.2, 0.25) is 5.91 Å². The molecule has 4 nitrogen and oxygen atoms in total. The molecule has 1 N–H and O–H groups in total. The van der Waals surface area contributed by atoms with E-state index >= 15 is 0 Å². The minimum absolute atomic E-state index is 0.0140. The molecule has 2 atom stereocenters. The Hall–Kier alpha value is -2.40. The van der Waals surface area contributed by atoms with Crippen molar-refractivity contribution in [2.24, 2.45) is 5.92 Å². The largest absolute Gasteiger partial charge is 0.497 e. The molecular weight excluding hydrogens is 343 g/mol. The number of benzene rings is 2. The second kappa shape index (κ2) is 9.00. The van der Waals surface area contributed by atoms with Crippen LogP contribution in [0.25, 0.3) is 0 Å². The summed E-state index contributed by atoms with van der Waals surface area (Å²) in [4.78, 5) is 15.0. The first-order valence-corrected chi connectivity index (χ1v) is 9.46. The first kappa shape index (κ1) is 19.4. The van der Waals surface area contributed by atoms with Crippen molar-refractivity contribution < 1.29 is 13.9 Å². The molecule has 5 heteroatoms. The van der Waals surface area contributed by atoms with Crippen molar-refractivity contribution in [2.45, 2.75) is 32.4 Å². The van der Waals surface area contributed by atoms with Crippen LogP contribution in [0.1, 0.15) is 36.9 Å². The molecule has 1 fully saturated rings. The third-order valence-electron chi connectivity index (χ3n) is 5.17. The minimum atomic E-state index is -0.220. The average molecular weight is 370 g/mol. The van der Waals surface area contributed by atoms with Crippen LogP contribution in [0.5, 0.6) is 5.75 Å². The third-order valence-corrected chi connectivity index (χ3v) is 5.17. The summed E-state index contributed by atoms with van der Waals surface area (Å²) in [7, 11) is 1.64. The van der Waals surface area contributed by atoms with E-state index in [9.17, 15) is 9.18 Å². The number of nitrogens with one attached hydrogen (secondary N) is 1. The summed E-state index contributed by atoms with van der Waals surface area (Å²) in [6.45, 7) is 4.45. The van der Waals surface area contributed by atoms with Gasteiger partial charge in [-0.2, -0.15) is 0 Å². The van der Waals surface area contributed by atoms with Gasteiger partial charge in [0.05, 0.1) is 19.1 Å². The number of piperidine rings is 1. The quantitative estimate of drug-likeness (QED) is 0.838. The fourth-order valence-corrected chi connectivity index (χ4v) is 3.57. The molecule has 2 aromatic rings. The molecule has 1 heterocycles. The Kier molecular flexibility index (Phi) is 6.45. The van der Waals surface area contributed by atoms with Crippen LogP contribution in [0.2, 0.25) is 0 Å². The van der Waals surface area contributed by atoms with Gasteiger partial charge >= 0.3 is 0 Å². The summed E-state index contributed by atoms with van der Waals surface area (Å²) in [6, 6.07) is 14.3. The maximum absolute atomic E-state index is 13.1. The molecule has 0 aliphatic carbocycles. The molecule has 0 saturated carbocycles. The molecule has 1 aliphatic rings. The molecule has 0 radical (unpaired) electrons. The number of nitrogens with zero attached hydrogens (tertiary/aromatic N) is 1. The van der Waals surface area contributed by atoms with Gasteiger partial charge in [-0.05, 0) is 61.7 Å². The van der Waals surface area contributed by atoms with E-state index in [-0.39, 0.29) is 23.7 Å². The first-order chi connectivity index (χ1) is 13.0. The van der Waals surface area contributed by atoms with Crippen molar-refractivity contribution in [2.75, 3.05) is 20.2 Å². The van der Waals surface area contributed by atoms with E-state index < -0.39 is 0 Å². The Morgan fingerprint density at radius 3 is 2.59 bits per heavy atom. The second-order valence-corrected chi connectivity index (χ2v) is 7.20. The molecule has 144 valence electrons. The summed E-state index contributed by atoms with van der Waals surface area (Å²) >= 11 is 0. The average Bonchev–Trinajstić information content (AvgIpc) is 2.70. The van der Waals surface area contributed by atoms with Gasteiger partial charge in [0.25, 0.3) is 0 Å². The maximum Gasteiger partial charge on any atom is 0.224 e. The number of likely N-dealkylation sites (tertiary alicyclic amines) is 1. The number of carbonyl (C=O) groups excluding carboxylic acids is 1. The summed E-state index contributed by atoms with van der Waals surface area (Å²) in [5.74, 6) is 0.671. The van der Waals surface area contributed by atoms with Crippen LogP contribution in [0.4, 0.5) is 4.39 Å². The van der Waals surface area contributed by atoms with Gasteiger partial charge in [-0.1, -0.05) is 24.3 Å². The zero-order chi connectivity index (χ0) is 19.2. The fraction of sp³-hybridized carbons (Fsp3) is 0.409. The predicted molar refractivity (Wildman–Crippen MR) is 104 cm³/mol. The lowest BCUT2D eigenvalue weighted by molar-refractivity contribution is -0.127. The van der Waals surface area contributed by atoms with Gasteiger partial charge in [0.1, 0.15) is 11.6 Å². The lowest BCUT2D eigenvalue weighted by atomic mass is 9.96. The van der Waals surface area contributed by atoms with E-state index in [2.05, 4.69) is 10.2 Å². The second-order valence-electron chi connectivity index (χ2n) is 7.20. The van der Waals surface area contributed by atoms with Crippen LogP contribution < -0.4 is 10.1 Å². The van der Waals surface area contributed by atoms with E-state index in [0.717, 1.165) is 49.4 Å². The summed E-state index contributed by atoms with van der Waals surface area (Å²) in [5.41, 5.74) is 2.13. The van der Waals surface area contributed by atoms with Gasteiger partial charge in [-0.15, -0.1) is 0 Å². The molecule has 27 heavy (non-hydrogen) atoms. The monoisotopic (exact) mass is 370 g/mol. The van der Waals surface area contributed by atoms with Crippen molar-refractivity contribution >= 4 is 5.91 Å². The number of ether oxygens (including phenoxy) is 1. The molecule has 0 unspecified atom stereocenters. The van der Waals surface area contributed by atoms with Crippen molar-refractivity contribution in [3.63, 3.8) is 0 Å². The van der Waals surface area contributed by atoms with Gasteiger partial charge in [0, 0.05) is 13.1 Å². The van der Waals surface area contributed by atoms with Gasteiger partial charge in [-0.3, -0.25) is 9.69 Å². The molecule has 1 amide bonds. The maximum atomic E-state index is 13.1. The van der Waals surface area contributed by atoms with Crippen molar-refractivity contribution in [3.8, 4) is 5.75 Å². The molecule has 0 bridgehead atoms. The number of carbonyl (C=O) groups is 1. The lowest BCUT2D eigenvalue weighted by Gasteiger charge is -2.32. The van der Waals surface area contributed by atoms with Crippen LogP contribution in [0.3, 0.4) is 0 Å². The number of halogens is 1. The topological polar surface area (TPSA) is 41.6 Å². The van der Waals surface area contributed by atoms with Gasteiger partial charge in [-0.25, -0.2) is 4.39 Å². The van der Waals surface area contributed by atoms with E-state index in [1.807, 2.05) is 43.3 Å². The predicted octanol–water partition coefficient (Wildman–Crippen LogP) is 3.92. The molecule has 1 aliphatic heterocycles. The highest BCUT2D eigenvalue weighted by Gasteiger charge is 2.26. The van der Waals surface area contributed by atoms with Gasteiger partial charge < -0.3 is 10.1 Å². The van der Waals surface area contributed by atoms with Crippen LogP contribution in [-0.2, 0) is 11.3 Å². The van der Waals surface area contributed by atoms with Crippen molar-refractivity contribution in [1.29, 1.82) is 0 Å². The molecule has 1 saturated heterocycles. The summed E-state index contributed by atoms with van der Waals surface area (Å²) < 4.78 is 18.2. The Bertz CT molecular complexity index is 746. The van der Waals surface area contributed by atoms with Crippen LogP contribution >= 0.6 is 0 Å². The molecule has 3 rings (SSSR count). The fourth-order valence-electron chi connectivity index (χ4n) is 3.57. The highest BCUT2D eigenvalue weighted by atomic mass is 19.1. The first-order valence-electron chi connectivity index (χ1n) is 9.46. The standard InChI is InChI=1S/C22H27FN2O2/c1-16(18-7-11-21(27-2)12-8-18)24-22(26)19-4-3-13-25(15-19)14-17-5-9-20(23)10-6-17/h5-12,16,19H,3-4,13-15H2,1-2H3,(H,24,26)/t16-,19+/m1/s1. The highest BCUT2D eigenvalue weighted by Crippen LogP contribution is 2.22. The SMILES string of the molecule is COc1ccc([C@@H](C)NC(=O)[C@H]2CCCN(Cc3ccc(F)cc3)C2)cc1. The molecule has 0 aromatic heterocycles.